The van der Waals surface area contributed by atoms with Crippen LogP contribution in [0.25, 0.3) is 0 Å². The number of likely N-dealkylation sites (N-methyl/N-ethyl adjacent to an activating group) is 1. The Kier molecular flexibility index (Phi) is 8.57. The molecule has 6 heteroatoms. The third-order valence-corrected chi connectivity index (χ3v) is 5.82. The van der Waals surface area contributed by atoms with Crippen LogP contribution in [0.15, 0.2) is 4.99 Å². The van der Waals surface area contributed by atoms with Crippen molar-refractivity contribution in [3.8, 4) is 0 Å². The van der Waals surface area contributed by atoms with Crippen LogP contribution in [0.3, 0.4) is 0 Å². The predicted molar refractivity (Wildman–Crippen MR) is 112 cm³/mol. The number of hydrogen-bond acceptors (Lipinski definition) is 3. The van der Waals surface area contributed by atoms with E-state index in [1.165, 1.54) is 64.6 Å². The SMILES string of the molecule is CCN1CCCCC1CNC(=NC)NC1CCN(C2CC2)CC1.I. The summed E-state index contributed by atoms with van der Waals surface area (Å²) >= 11 is 0. The van der Waals surface area contributed by atoms with Crippen LogP contribution in [0.4, 0.5) is 0 Å². The van der Waals surface area contributed by atoms with Crippen molar-refractivity contribution in [3.05, 3.63) is 0 Å². The number of likely N-dealkylation sites (tertiary alicyclic amines) is 2. The molecule has 0 aromatic carbocycles. The lowest BCUT2D eigenvalue weighted by atomic mass is 10.0. The lowest BCUT2D eigenvalue weighted by molar-refractivity contribution is 0.157. The summed E-state index contributed by atoms with van der Waals surface area (Å²) in [5, 5.41) is 7.23. The first kappa shape index (κ1) is 20.2. The van der Waals surface area contributed by atoms with Crippen LogP contribution in [0.2, 0.25) is 0 Å². The van der Waals surface area contributed by atoms with Gasteiger partial charge in [0.25, 0.3) is 0 Å². The van der Waals surface area contributed by atoms with Crippen LogP contribution >= 0.6 is 24.0 Å². The summed E-state index contributed by atoms with van der Waals surface area (Å²) < 4.78 is 0. The first-order chi connectivity index (χ1) is 11.3. The van der Waals surface area contributed by atoms with E-state index in [-0.39, 0.29) is 24.0 Å². The average molecular weight is 449 g/mol. The molecule has 3 fully saturated rings. The van der Waals surface area contributed by atoms with Crippen molar-refractivity contribution in [1.82, 2.24) is 20.4 Å². The van der Waals surface area contributed by atoms with Gasteiger partial charge < -0.3 is 15.5 Å². The van der Waals surface area contributed by atoms with Gasteiger partial charge in [0.05, 0.1) is 0 Å². The van der Waals surface area contributed by atoms with Crippen molar-refractivity contribution in [2.45, 2.75) is 70.0 Å². The van der Waals surface area contributed by atoms with Gasteiger partial charge in [-0.3, -0.25) is 9.89 Å². The molecule has 2 N–H and O–H groups in total. The molecule has 0 aromatic rings. The number of nitrogens with one attached hydrogen (secondary N) is 2. The molecule has 1 atom stereocenters. The smallest absolute Gasteiger partial charge is 0.191 e. The lowest BCUT2D eigenvalue weighted by Gasteiger charge is -2.36. The summed E-state index contributed by atoms with van der Waals surface area (Å²) in [6.07, 6.45) is 9.40. The minimum Gasteiger partial charge on any atom is -0.355 e. The lowest BCUT2D eigenvalue weighted by Crippen LogP contribution is -2.52. The van der Waals surface area contributed by atoms with Crippen LogP contribution in [0.1, 0.15) is 51.9 Å². The van der Waals surface area contributed by atoms with Crippen molar-refractivity contribution in [2.75, 3.05) is 39.8 Å². The second-order valence-electron chi connectivity index (χ2n) is 7.42. The summed E-state index contributed by atoms with van der Waals surface area (Å²) in [6.45, 7) is 8.23. The molecule has 5 nitrogen and oxygen atoms in total. The molecule has 2 saturated heterocycles. The molecule has 3 rings (SSSR count). The quantitative estimate of drug-likeness (QED) is 0.384. The standard InChI is InChI=1S/C18H35N5.HI/c1-3-22-11-5-4-6-17(22)14-20-18(19-2)21-15-9-12-23(13-10-15)16-7-8-16;/h15-17H,3-14H2,1-2H3,(H2,19,20,21);1H. The fourth-order valence-electron chi connectivity index (χ4n) is 4.16. The first-order valence-corrected chi connectivity index (χ1v) is 9.75. The van der Waals surface area contributed by atoms with Gasteiger partial charge in [0.1, 0.15) is 0 Å². The van der Waals surface area contributed by atoms with Crippen LogP contribution in [-0.2, 0) is 0 Å². The number of guanidine groups is 1. The third kappa shape index (κ3) is 5.73. The molecule has 3 aliphatic rings. The molecule has 1 aliphatic carbocycles. The van der Waals surface area contributed by atoms with Gasteiger partial charge in [-0.2, -0.15) is 0 Å². The normalized spacial score (nSPS) is 27.6. The predicted octanol–water partition coefficient (Wildman–Crippen LogP) is 2.27. The third-order valence-electron chi connectivity index (χ3n) is 5.82. The van der Waals surface area contributed by atoms with Crippen molar-refractivity contribution < 1.29 is 0 Å². The summed E-state index contributed by atoms with van der Waals surface area (Å²) in [6, 6.07) is 2.17. The molecule has 0 amide bonds. The zero-order chi connectivity index (χ0) is 16.1. The maximum absolute atomic E-state index is 4.45. The Bertz CT molecular complexity index is 391. The van der Waals surface area contributed by atoms with E-state index in [0.29, 0.717) is 12.1 Å². The molecule has 1 saturated carbocycles. The molecule has 0 aromatic heterocycles. The second kappa shape index (κ2) is 10.2. The number of aliphatic imine (C=N–C) groups is 1. The van der Waals surface area contributed by atoms with Gasteiger partial charge in [-0.25, -0.2) is 0 Å². The maximum Gasteiger partial charge on any atom is 0.191 e. The largest absolute Gasteiger partial charge is 0.355 e. The molecule has 0 radical (unpaired) electrons. The summed E-state index contributed by atoms with van der Waals surface area (Å²) in [5.41, 5.74) is 0. The van der Waals surface area contributed by atoms with E-state index in [1.807, 2.05) is 7.05 Å². The monoisotopic (exact) mass is 449 g/mol. The van der Waals surface area contributed by atoms with E-state index >= 15 is 0 Å². The number of piperidine rings is 2. The number of halogens is 1. The Balaban J connectivity index is 0.00000208. The number of rotatable bonds is 5. The Morgan fingerprint density at radius 1 is 1.04 bits per heavy atom. The highest BCUT2D eigenvalue weighted by Gasteiger charge is 2.32. The molecule has 1 unspecified atom stereocenters. The minimum absolute atomic E-state index is 0. The van der Waals surface area contributed by atoms with Gasteiger partial charge in [0.15, 0.2) is 5.96 Å². The molecular weight excluding hydrogens is 413 g/mol. The zero-order valence-electron chi connectivity index (χ0n) is 15.5. The molecule has 140 valence electrons. The fraction of sp³-hybridized carbons (Fsp3) is 0.944. The van der Waals surface area contributed by atoms with Gasteiger partial charge in [0, 0.05) is 44.8 Å². The van der Waals surface area contributed by atoms with Crippen molar-refractivity contribution in [2.24, 2.45) is 4.99 Å². The van der Waals surface area contributed by atoms with E-state index in [9.17, 15) is 0 Å². The highest BCUT2D eigenvalue weighted by molar-refractivity contribution is 14.0. The van der Waals surface area contributed by atoms with Crippen LogP contribution < -0.4 is 10.6 Å². The van der Waals surface area contributed by atoms with Crippen molar-refractivity contribution in [1.29, 1.82) is 0 Å². The molecular formula is C18H36IN5. The molecule has 0 bridgehead atoms. The van der Waals surface area contributed by atoms with Gasteiger partial charge in [-0.05, 0) is 51.6 Å². The Labute approximate surface area is 165 Å². The Morgan fingerprint density at radius 2 is 1.79 bits per heavy atom. The second-order valence-corrected chi connectivity index (χ2v) is 7.42. The molecule has 0 spiro atoms. The molecule has 2 aliphatic heterocycles. The summed E-state index contributed by atoms with van der Waals surface area (Å²) in [7, 11) is 1.90. The average Bonchev–Trinajstić information content (AvgIpc) is 3.44. The van der Waals surface area contributed by atoms with Gasteiger partial charge in [-0.1, -0.05) is 13.3 Å². The van der Waals surface area contributed by atoms with Gasteiger partial charge in [-0.15, -0.1) is 24.0 Å². The van der Waals surface area contributed by atoms with Crippen LogP contribution in [-0.4, -0.2) is 73.7 Å². The van der Waals surface area contributed by atoms with E-state index in [2.05, 4.69) is 32.3 Å². The van der Waals surface area contributed by atoms with Crippen molar-refractivity contribution >= 4 is 29.9 Å². The Morgan fingerprint density at radius 3 is 2.42 bits per heavy atom. The Hall–Kier alpha value is -0.0800. The highest BCUT2D eigenvalue weighted by atomic mass is 127. The summed E-state index contributed by atoms with van der Waals surface area (Å²) in [4.78, 5) is 9.73. The van der Waals surface area contributed by atoms with E-state index in [4.69, 9.17) is 0 Å². The molecule has 24 heavy (non-hydrogen) atoms. The maximum atomic E-state index is 4.45. The fourth-order valence-corrected chi connectivity index (χ4v) is 4.16. The highest BCUT2D eigenvalue weighted by Crippen LogP contribution is 2.29. The number of nitrogens with zero attached hydrogens (tertiary/aromatic N) is 3. The zero-order valence-corrected chi connectivity index (χ0v) is 17.8. The van der Waals surface area contributed by atoms with Crippen LogP contribution in [0.5, 0.6) is 0 Å². The van der Waals surface area contributed by atoms with E-state index in [0.717, 1.165) is 25.1 Å². The van der Waals surface area contributed by atoms with Crippen LogP contribution in [0, 0.1) is 0 Å². The van der Waals surface area contributed by atoms with E-state index < -0.39 is 0 Å². The van der Waals surface area contributed by atoms with E-state index in [1.54, 1.807) is 0 Å². The van der Waals surface area contributed by atoms with Gasteiger partial charge >= 0.3 is 0 Å². The topological polar surface area (TPSA) is 42.9 Å². The van der Waals surface area contributed by atoms with Crippen molar-refractivity contribution in [3.63, 3.8) is 0 Å². The molecule has 2 heterocycles. The van der Waals surface area contributed by atoms with Gasteiger partial charge in [0.2, 0.25) is 0 Å². The summed E-state index contributed by atoms with van der Waals surface area (Å²) in [5.74, 6) is 0.997. The first-order valence-electron chi connectivity index (χ1n) is 9.75. The number of hydrogen-bond donors (Lipinski definition) is 2. The minimum atomic E-state index is 0.